The first-order chi connectivity index (χ1) is 5.27. The quantitative estimate of drug-likeness (QED) is 0.541. The fraction of sp³-hybridized carbons (Fsp3) is 0.429. The number of aromatic nitrogens is 2. The molecule has 0 amide bonds. The minimum absolute atomic E-state index is 0.330. The third-order valence-corrected chi connectivity index (χ3v) is 2.01. The Morgan fingerprint density at radius 3 is 3.09 bits per heavy atom. The molecule has 0 fully saturated rings. The fourth-order valence-corrected chi connectivity index (χ4v) is 1.50. The number of nitrogens with two attached hydrogens (primary N) is 1. The molecule has 4 heteroatoms. The van der Waals surface area contributed by atoms with E-state index in [-0.39, 0.29) is 5.69 Å². The first-order valence-electron chi connectivity index (χ1n) is 3.65. The van der Waals surface area contributed by atoms with Crippen LogP contribution < -0.4 is 11.4 Å². The Morgan fingerprint density at radius 2 is 2.27 bits per heavy atom. The lowest BCUT2D eigenvalue weighted by Gasteiger charge is -1.99. The topological polar surface area (TPSA) is 71.8 Å². The molecule has 0 atom stereocenters. The van der Waals surface area contributed by atoms with Gasteiger partial charge in [-0.2, -0.15) is 4.98 Å². The summed E-state index contributed by atoms with van der Waals surface area (Å²) >= 11 is 0. The SMILES string of the molecule is Nc1nc(=O)[nH]c2c1CCC2. The van der Waals surface area contributed by atoms with E-state index in [9.17, 15) is 4.79 Å². The van der Waals surface area contributed by atoms with E-state index in [2.05, 4.69) is 9.97 Å². The molecular weight excluding hydrogens is 142 g/mol. The number of H-pyrrole nitrogens is 1. The Labute approximate surface area is 63.5 Å². The molecule has 0 radical (unpaired) electrons. The van der Waals surface area contributed by atoms with Crippen LogP contribution in [0.1, 0.15) is 17.7 Å². The number of nitrogens with zero attached hydrogens (tertiary/aromatic N) is 1. The molecular formula is C7H9N3O. The Morgan fingerprint density at radius 1 is 1.45 bits per heavy atom. The van der Waals surface area contributed by atoms with E-state index in [1.165, 1.54) is 0 Å². The molecule has 1 aromatic rings. The Bertz CT molecular complexity index is 342. The van der Waals surface area contributed by atoms with Gasteiger partial charge in [0.1, 0.15) is 5.82 Å². The van der Waals surface area contributed by atoms with Crippen molar-refractivity contribution in [2.24, 2.45) is 0 Å². The van der Waals surface area contributed by atoms with Crippen molar-refractivity contribution in [2.45, 2.75) is 19.3 Å². The van der Waals surface area contributed by atoms with Crippen LogP contribution in [0.25, 0.3) is 0 Å². The van der Waals surface area contributed by atoms with Crippen molar-refractivity contribution in [1.82, 2.24) is 9.97 Å². The van der Waals surface area contributed by atoms with Gasteiger partial charge in [-0.25, -0.2) is 4.79 Å². The molecule has 0 aliphatic heterocycles. The van der Waals surface area contributed by atoms with E-state index in [0.29, 0.717) is 5.82 Å². The number of nitrogen functional groups attached to an aromatic ring is 1. The lowest BCUT2D eigenvalue weighted by Crippen LogP contribution is -2.15. The molecule has 4 nitrogen and oxygen atoms in total. The van der Waals surface area contributed by atoms with Gasteiger partial charge in [0, 0.05) is 11.3 Å². The summed E-state index contributed by atoms with van der Waals surface area (Å²) in [6, 6.07) is 0. The van der Waals surface area contributed by atoms with Crippen molar-refractivity contribution in [1.29, 1.82) is 0 Å². The second kappa shape index (κ2) is 2.08. The number of nitrogens with one attached hydrogen (secondary N) is 1. The standard InChI is InChI=1S/C7H9N3O/c8-6-4-2-1-3-5(4)9-7(11)10-6/h1-3H2,(H3,8,9,10,11). The maximum Gasteiger partial charge on any atom is 0.347 e. The highest BCUT2D eigenvalue weighted by atomic mass is 16.1. The van der Waals surface area contributed by atoms with E-state index in [4.69, 9.17) is 5.73 Å². The second-order valence-electron chi connectivity index (χ2n) is 2.74. The van der Waals surface area contributed by atoms with Gasteiger partial charge in [0.05, 0.1) is 0 Å². The van der Waals surface area contributed by atoms with Crippen LogP contribution in [0.2, 0.25) is 0 Å². The molecule has 0 saturated heterocycles. The van der Waals surface area contributed by atoms with E-state index in [1.54, 1.807) is 0 Å². The predicted molar refractivity (Wildman–Crippen MR) is 41.3 cm³/mol. The number of fused-ring (bicyclic) bond motifs is 1. The van der Waals surface area contributed by atoms with Crippen molar-refractivity contribution in [3.05, 3.63) is 21.7 Å². The molecule has 3 N–H and O–H groups in total. The predicted octanol–water partition coefficient (Wildman–Crippen LogP) is -0.159. The summed E-state index contributed by atoms with van der Waals surface area (Å²) in [4.78, 5) is 17.1. The number of hydrogen-bond donors (Lipinski definition) is 2. The third-order valence-electron chi connectivity index (χ3n) is 2.01. The van der Waals surface area contributed by atoms with Gasteiger partial charge in [0.2, 0.25) is 0 Å². The smallest absolute Gasteiger partial charge is 0.347 e. The molecule has 0 spiro atoms. The summed E-state index contributed by atoms with van der Waals surface area (Å²) in [5.74, 6) is 0.404. The van der Waals surface area contributed by atoms with Gasteiger partial charge in [0.15, 0.2) is 0 Å². The van der Waals surface area contributed by atoms with Crippen LogP contribution in [0.5, 0.6) is 0 Å². The molecule has 0 saturated carbocycles. The maximum atomic E-state index is 10.8. The van der Waals surface area contributed by atoms with Crippen molar-refractivity contribution in [2.75, 3.05) is 5.73 Å². The summed E-state index contributed by atoms with van der Waals surface area (Å²) in [5.41, 5.74) is 7.22. The van der Waals surface area contributed by atoms with Crippen molar-refractivity contribution in [3.8, 4) is 0 Å². The molecule has 11 heavy (non-hydrogen) atoms. The van der Waals surface area contributed by atoms with Crippen LogP contribution in [-0.4, -0.2) is 9.97 Å². The number of anilines is 1. The molecule has 1 aliphatic carbocycles. The van der Waals surface area contributed by atoms with Gasteiger partial charge in [-0.1, -0.05) is 0 Å². The molecule has 0 aromatic carbocycles. The summed E-state index contributed by atoms with van der Waals surface area (Å²) in [6.07, 6.45) is 2.95. The highest BCUT2D eigenvalue weighted by Crippen LogP contribution is 2.21. The third kappa shape index (κ3) is 0.906. The Hall–Kier alpha value is -1.32. The fourth-order valence-electron chi connectivity index (χ4n) is 1.50. The van der Waals surface area contributed by atoms with E-state index < -0.39 is 0 Å². The summed E-state index contributed by atoms with van der Waals surface area (Å²) in [7, 11) is 0. The molecule has 58 valence electrons. The summed E-state index contributed by atoms with van der Waals surface area (Å²) < 4.78 is 0. The van der Waals surface area contributed by atoms with Crippen molar-refractivity contribution < 1.29 is 0 Å². The monoisotopic (exact) mass is 151 g/mol. The van der Waals surface area contributed by atoms with E-state index in [0.717, 1.165) is 30.5 Å². The number of aromatic amines is 1. The van der Waals surface area contributed by atoms with Crippen molar-refractivity contribution in [3.63, 3.8) is 0 Å². The highest BCUT2D eigenvalue weighted by Gasteiger charge is 2.15. The summed E-state index contributed by atoms with van der Waals surface area (Å²) in [5, 5.41) is 0. The zero-order valence-corrected chi connectivity index (χ0v) is 6.05. The Balaban J connectivity index is 2.70. The lowest BCUT2D eigenvalue weighted by molar-refractivity contribution is 0.895. The van der Waals surface area contributed by atoms with Gasteiger partial charge < -0.3 is 10.7 Å². The minimum atomic E-state index is -0.330. The highest BCUT2D eigenvalue weighted by molar-refractivity contribution is 5.43. The number of hydrogen-bond acceptors (Lipinski definition) is 3. The van der Waals surface area contributed by atoms with Crippen LogP contribution in [0.15, 0.2) is 4.79 Å². The molecule has 1 aromatic heterocycles. The van der Waals surface area contributed by atoms with Crippen LogP contribution in [0, 0.1) is 0 Å². The second-order valence-corrected chi connectivity index (χ2v) is 2.74. The van der Waals surface area contributed by atoms with Crippen LogP contribution in [0.3, 0.4) is 0 Å². The first-order valence-corrected chi connectivity index (χ1v) is 3.65. The van der Waals surface area contributed by atoms with Crippen LogP contribution in [0.4, 0.5) is 5.82 Å². The van der Waals surface area contributed by atoms with Gasteiger partial charge >= 0.3 is 5.69 Å². The summed E-state index contributed by atoms with van der Waals surface area (Å²) in [6.45, 7) is 0. The van der Waals surface area contributed by atoms with Gasteiger partial charge in [-0.3, -0.25) is 0 Å². The lowest BCUT2D eigenvalue weighted by atomic mass is 10.2. The zero-order valence-electron chi connectivity index (χ0n) is 6.05. The van der Waals surface area contributed by atoms with E-state index in [1.807, 2.05) is 0 Å². The zero-order chi connectivity index (χ0) is 7.84. The van der Waals surface area contributed by atoms with Crippen LogP contribution >= 0.6 is 0 Å². The minimum Gasteiger partial charge on any atom is -0.383 e. The number of aryl methyl sites for hydroxylation is 1. The molecule has 0 unspecified atom stereocenters. The molecule has 0 bridgehead atoms. The molecule has 2 rings (SSSR count). The van der Waals surface area contributed by atoms with Crippen LogP contribution in [-0.2, 0) is 12.8 Å². The van der Waals surface area contributed by atoms with Crippen molar-refractivity contribution >= 4 is 5.82 Å². The average Bonchev–Trinajstić information content (AvgIpc) is 2.34. The van der Waals surface area contributed by atoms with Gasteiger partial charge in [-0.15, -0.1) is 0 Å². The number of rotatable bonds is 0. The van der Waals surface area contributed by atoms with Gasteiger partial charge in [0.25, 0.3) is 0 Å². The molecule has 1 aliphatic rings. The largest absolute Gasteiger partial charge is 0.383 e. The Kier molecular flexibility index (Phi) is 1.21. The normalized spacial score (nSPS) is 14.9. The average molecular weight is 151 g/mol. The van der Waals surface area contributed by atoms with E-state index >= 15 is 0 Å². The molecule has 1 heterocycles. The maximum absolute atomic E-state index is 10.8. The van der Waals surface area contributed by atoms with Gasteiger partial charge in [-0.05, 0) is 19.3 Å². The first kappa shape index (κ1) is 6.39.